The molecule has 0 heterocycles. The van der Waals surface area contributed by atoms with Crippen molar-refractivity contribution in [2.24, 2.45) is 0 Å². The number of rotatable bonds is 6. The zero-order valence-corrected chi connectivity index (χ0v) is 19.7. The van der Waals surface area contributed by atoms with Gasteiger partial charge in [-0.25, -0.2) is 0 Å². The molecule has 31 heavy (non-hydrogen) atoms. The number of aryl methyl sites for hydroxylation is 4. The van der Waals surface area contributed by atoms with Gasteiger partial charge in [-0.2, -0.15) is 0 Å². The molecule has 0 unspecified atom stereocenters. The first-order chi connectivity index (χ1) is 15.0. The minimum Gasteiger partial charge on any atom is -0.387 e. The summed E-state index contributed by atoms with van der Waals surface area (Å²) >= 11 is 0. The Labute approximate surface area is 187 Å². The lowest BCUT2D eigenvalue weighted by atomic mass is 10.1. The average molecular weight is 423 g/mol. The molecule has 2 nitrogen and oxygen atoms in total. The van der Waals surface area contributed by atoms with Crippen molar-refractivity contribution >= 4 is 30.1 Å². The van der Waals surface area contributed by atoms with Crippen LogP contribution >= 0.6 is 0 Å². The normalized spacial score (nSPS) is 11.2. The van der Waals surface area contributed by atoms with Crippen molar-refractivity contribution in [3.05, 3.63) is 119 Å². The standard InChI is InChI=1S/C28H30N2Si/c1-21-13-11-14-22(2)27(21)29-31(25-17-7-5-8-18-25,26-19-9-6-10-20-26)30-28-23(3)15-12-16-24(28)4/h5-20,29-30H,1-4H3. The van der Waals surface area contributed by atoms with Gasteiger partial charge in [0.05, 0.1) is 0 Å². The molecule has 0 amide bonds. The highest BCUT2D eigenvalue weighted by atomic mass is 28.3. The van der Waals surface area contributed by atoms with E-state index in [9.17, 15) is 0 Å². The third-order valence-electron chi connectivity index (χ3n) is 6.00. The summed E-state index contributed by atoms with van der Waals surface area (Å²) < 4.78 is 0. The first-order valence-electron chi connectivity index (χ1n) is 10.8. The van der Waals surface area contributed by atoms with Gasteiger partial charge >= 0.3 is 8.40 Å². The van der Waals surface area contributed by atoms with Gasteiger partial charge in [-0.15, -0.1) is 0 Å². The van der Waals surface area contributed by atoms with Gasteiger partial charge in [-0.05, 0) is 60.3 Å². The van der Waals surface area contributed by atoms with E-state index in [1.54, 1.807) is 0 Å². The Morgan fingerprint density at radius 3 is 1.06 bits per heavy atom. The Balaban J connectivity index is 2.00. The number of nitrogens with one attached hydrogen (secondary N) is 2. The maximum atomic E-state index is 4.09. The van der Waals surface area contributed by atoms with E-state index in [4.69, 9.17) is 0 Å². The van der Waals surface area contributed by atoms with Crippen LogP contribution in [0.15, 0.2) is 97.1 Å². The molecular weight excluding hydrogens is 392 g/mol. The van der Waals surface area contributed by atoms with E-state index >= 15 is 0 Å². The number of hydrogen-bond donors (Lipinski definition) is 2. The van der Waals surface area contributed by atoms with Crippen LogP contribution in [0.3, 0.4) is 0 Å². The van der Waals surface area contributed by atoms with Crippen LogP contribution < -0.4 is 20.3 Å². The van der Waals surface area contributed by atoms with Gasteiger partial charge in [0.1, 0.15) is 0 Å². The Hall–Kier alpha value is -3.30. The number of anilines is 2. The van der Waals surface area contributed by atoms with E-state index in [1.807, 2.05) is 0 Å². The molecule has 4 rings (SSSR count). The summed E-state index contributed by atoms with van der Waals surface area (Å²) in [6, 6.07) is 34.7. The highest BCUT2D eigenvalue weighted by Crippen LogP contribution is 2.26. The van der Waals surface area contributed by atoms with Crippen LogP contribution in [-0.4, -0.2) is 8.40 Å². The number of para-hydroxylation sites is 2. The third kappa shape index (κ3) is 4.14. The molecule has 156 valence electrons. The molecule has 0 aliphatic heterocycles. The molecule has 0 fully saturated rings. The quantitative estimate of drug-likeness (QED) is 0.389. The van der Waals surface area contributed by atoms with Gasteiger partial charge in [0.15, 0.2) is 0 Å². The Morgan fingerprint density at radius 1 is 0.419 bits per heavy atom. The van der Waals surface area contributed by atoms with Crippen LogP contribution in [0.4, 0.5) is 11.4 Å². The van der Waals surface area contributed by atoms with Crippen molar-refractivity contribution in [3.63, 3.8) is 0 Å². The first-order valence-corrected chi connectivity index (χ1v) is 12.8. The summed E-state index contributed by atoms with van der Waals surface area (Å²) in [4.78, 5) is 8.18. The highest BCUT2D eigenvalue weighted by molar-refractivity contribution is 7.06. The Morgan fingerprint density at radius 2 is 0.742 bits per heavy atom. The van der Waals surface area contributed by atoms with Crippen LogP contribution in [0.2, 0.25) is 0 Å². The predicted molar refractivity (Wildman–Crippen MR) is 137 cm³/mol. The van der Waals surface area contributed by atoms with E-state index in [0.29, 0.717) is 0 Å². The van der Waals surface area contributed by atoms with Gasteiger partial charge in [-0.3, -0.25) is 0 Å². The first kappa shape index (κ1) is 20.9. The number of benzene rings is 4. The SMILES string of the molecule is Cc1cccc(C)c1N[Si](Nc1c(C)cccc1C)(c1ccccc1)c1ccccc1. The van der Waals surface area contributed by atoms with Crippen molar-refractivity contribution < 1.29 is 0 Å². The molecule has 4 aromatic rings. The fourth-order valence-electron chi connectivity index (χ4n) is 4.26. The van der Waals surface area contributed by atoms with Crippen molar-refractivity contribution in [2.45, 2.75) is 27.7 Å². The van der Waals surface area contributed by atoms with Gasteiger partial charge < -0.3 is 9.96 Å². The summed E-state index contributed by atoms with van der Waals surface area (Å²) in [5.41, 5.74) is 7.44. The lowest BCUT2D eigenvalue weighted by Crippen LogP contribution is -2.71. The molecule has 0 radical (unpaired) electrons. The molecule has 4 aromatic carbocycles. The maximum Gasteiger partial charge on any atom is 0.326 e. The van der Waals surface area contributed by atoms with Crippen LogP contribution in [0.25, 0.3) is 0 Å². The molecule has 0 aromatic heterocycles. The highest BCUT2D eigenvalue weighted by Gasteiger charge is 2.40. The summed E-state index contributed by atoms with van der Waals surface area (Å²) in [6.07, 6.45) is 0. The molecule has 0 bridgehead atoms. The zero-order chi connectivity index (χ0) is 21.8. The van der Waals surface area contributed by atoms with Crippen molar-refractivity contribution in [1.82, 2.24) is 0 Å². The fourth-order valence-corrected chi connectivity index (χ4v) is 8.16. The second-order valence-electron chi connectivity index (χ2n) is 8.27. The lowest BCUT2D eigenvalue weighted by Gasteiger charge is -2.37. The minimum absolute atomic E-state index is 1.21. The Bertz CT molecular complexity index is 1030. The molecule has 0 saturated heterocycles. The maximum absolute atomic E-state index is 4.09. The molecule has 0 spiro atoms. The molecular formula is C28H30N2Si. The largest absolute Gasteiger partial charge is 0.387 e. The summed E-state index contributed by atoms with van der Waals surface area (Å²) in [7, 11) is -2.65. The second kappa shape index (κ2) is 8.82. The van der Waals surface area contributed by atoms with E-state index in [2.05, 4.69) is 135 Å². The molecule has 0 saturated carbocycles. The van der Waals surface area contributed by atoms with E-state index in [0.717, 1.165) is 0 Å². The van der Waals surface area contributed by atoms with Gasteiger partial charge in [0, 0.05) is 11.4 Å². The fraction of sp³-hybridized carbons (Fsp3) is 0.143. The van der Waals surface area contributed by atoms with Gasteiger partial charge in [0.2, 0.25) is 0 Å². The second-order valence-corrected chi connectivity index (χ2v) is 11.4. The monoisotopic (exact) mass is 422 g/mol. The van der Waals surface area contributed by atoms with Crippen LogP contribution in [0.1, 0.15) is 22.3 Å². The van der Waals surface area contributed by atoms with Crippen molar-refractivity contribution in [1.29, 1.82) is 0 Å². The predicted octanol–water partition coefficient (Wildman–Crippen LogP) is 5.70. The van der Waals surface area contributed by atoms with E-state index < -0.39 is 8.40 Å². The third-order valence-corrected chi connectivity index (χ3v) is 9.65. The molecule has 0 aliphatic carbocycles. The molecule has 3 heteroatoms. The van der Waals surface area contributed by atoms with Gasteiger partial charge in [-0.1, -0.05) is 97.1 Å². The van der Waals surface area contributed by atoms with E-state index in [-0.39, 0.29) is 0 Å². The van der Waals surface area contributed by atoms with Crippen molar-refractivity contribution in [3.8, 4) is 0 Å². The number of hydrogen-bond acceptors (Lipinski definition) is 2. The average Bonchev–Trinajstić information content (AvgIpc) is 2.79. The smallest absolute Gasteiger partial charge is 0.326 e. The van der Waals surface area contributed by atoms with Gasteiger partial charge in [0.25, 0.3) is 0 Å². The minimum atomic E-state index is -2.65. The van der Waals surface area contributed by atoms with Crippen LogP contribution in [-0.2, 0) is 0 Å². The summed E-state index contributed by atoms with van der Waals surface area (Å²) in [6.45, 7) is 8.74. The zero-order valence-electron chi connectivity index (χ0n) is 18.7. The molecule has 2 N–H and O–H groups in total. The lowest BCUT2D eigenvalue weighted by molar-refractivity contribution is 1.35. The van der Waals surface area contributed by atoms with Crippen molar-refractivity contribution in [2.75, 3.05) is 9.96 Å². The molecule has 0 atom stereocenters. The Kier molecular flexibility index (Phi) is 5.96. The summed E-state index contributed by atoms with van der Waals surface area (Å²) in [5, 5.41) is 2.60. The van der Waals surface area contributed by atoms with E-state index in [1.165, 1.54) is 44.0 Å². The van der Waals surface area contributed by atoms with Crippen LogP contribution in [0, 0.1) is 27.7 Å². The topological polar surface area (TPSA) is 24.1 Å². The molecule has 0 aliphatic rings. The summed E-state index contributed by atoms with van der Waals surface area (Å²) in [5.74, 6) is 0. The van der Waals surface area contributed by atoms with Crippen LogP contribution in [0.5, 0.6) is 0 Å².